The third-order valence-corrected chi connectivity index (χ3v) is 7.08. The van der Waals surface area contributed by atoms with E-state index >= 15 is 0 Å². The first kappa shape index (κ1) is 20.9. The molecule has 0 unspecified atom stereocenters. The molecule has 1 saturated heterocycles. The Balaban J connectivity index is 1.65. The smallest absolute Gasteiger partial charge is 0.282 e. The van der Waals surface area contributed by atoms with E-state index in [-0.39, 0.29) is 35.1 Å². The Morgan fingerprint density at radius 2 is 1.79 bits per heavy atom. The normalized spacial score (nSPS) is 16.7. The van der Waals surface area contributed by atoms with Crippen LogP contribution < -0.4 is 10.2 Å². The second kappa shape index (κ2) is 8.69. The predicted octanol–water partition coefficient (Wildman–Crippen LogP) is 0.614. The number of para-hydroxylation sites is 1. The topological polar surface area (TPSA) is 94.7 Å². The molecule has 0 spiro atoms. The first-order chi connectivity index (χ1) is 13.8. The number of nitrogens with zero attached hydrogens (tertiary/aromatic N) is 2. The van der Waals surface area contributed by atoms with Crippen molar-refractivity contribution in [1.29, 1.82) is 5.26 Å². The van der Waals surface area contributed by atoms with Crippen molar-refractivity contribution in [2.75, 3.05) is 31.5 Å². The summed E-state index contributed by atoms with van der Waals surface area (Å²) in [6, 6.07) is 13.5. The number of nitrogens with one attached hydrogen (secondary N) is 2. The first-order valence-electron chi connectivity index (χ1n) is 9.24. The molecule has 0 aliphatic carbocycles. The van der Waals surface area contributed by atoms with E-state index in [4.69, 9.17) is 0 Å². The summed E-state index contributed by atoms with van der Waals surface area (Å²) in [5.41, 5.74) is 0.234. The van der Waals surface area contributed by atoms with Gasteiger partial charge in [-0.15, -0.1) is 0 Å². The third-order valence-electron chi connectivity index (χ3n) is 5.13. The van der Waals surface area contributed by atoms with Gasteiger partial charge in [0.05, 0.1) is 42.3 Å². The molecule has 7 nitrogen and oxygen atoms in total. The maximum atomic E-state index is 13.7. The van der Waals surface area contributed by atoms with E-state index < -0.39 is 21.9 Å². The number of sulfonamides is 1. The van der Waals surface area contributed by atoms with Crippen LogP contribution in [0.3, 0.4) is 0 Å². The van der Waals surface area contributed by atoms with Gasteiger partial charge in [0, 0.05) is 0 Å². The fourth-order valence-corrected chi connectivity index (χ4v) is 4.94. The molecule has 9 heteroatoms. The lowest BCUT2D eigenvalue weighted by Gasteiger charge is -2.34. The molecule has 1 aliphatic heterocycles. The lowest BCUT2D eigenvalue weighted by atomic mass is 10.2. The minimum Gasteiger partial charge on any atom is -0.323 e. The Hall–Kier alpha value is -2.80. The van der Waals surface area contributed by atoms with Gasteiger partial charge in [-0.2, -0.15) is 9.57 Å². The Morgan fingerprint density at radius 3 is 2.45 bits per heavy atom. The Bertz CT molecular complexity index is 1040. The number of anilines is 1. The van der Waals surface area contributed by atoms with Gasteiger partial charge in [-0.25, -0.2) is 12.8 Å². The Labute approximate surface area is 169 Å². The van der Waals surface area contributed by atoms with Gasteiger partial charge in [0.2, 0.25) is 10.0 Å². The van der Waals surface area contributed by atoms with Crippen molar-refractivity contribution in [2.24, 2.45) is 0 Å². The van der Waals surface area contributed by atoms with Gasteiger partial charge in [-0.3, -0.25) is 4.79 Å². The van der Waals surface area contributed by atoms with Gasteiger partial charge in [0.15, 0.2) is 6.04 Å². The fraction of sp³-hybridized carbons (Fsp3) is 0.300. The number of nitriles is 1. The maximum Gasteiger partial charge on any atom is 0.282 e. The minimum absolute atomic E-state index is 0.00343. The SMILES string of the molecule is C[C@H](C(=O)Nc1ccccc1F)[NH+]1CCN(S(=O)(=O)c2ccccc2C#N)CC1. The summed E-state index contributed by atoms with van der Waals surface area (Å²) >= 11 is 0. The van der Waals surface area contributed by atoms with Crippen molar-refractivity contribution in [2.45, 2.75) is 17.9 Å². The largest absolute Gasteiger partial charge is 0.323 e. The third kappa shape index (κ3) is 4.45. The van der Waals surface area contributed by atoms with Crippen LogP contribution in [0.2, 0.25) is 0 Å². The molecule has 1 heterocycles. The van der Waals surface area contributed by atoms with Crippen LogP contribution in [0.25, 0.3) is 0 Å². The molecule has 1 amide bonds. The summed E-state index contributed by atoms with van der Waals surface area (Å²) in [7, 11) is -3.78. The van der Waals surface area contributed by atoms with Crippen LogP contribution in [0.5, 0.6) is 0 Å². The molecule has 3 rings (SSSR count). The number of rotatable bonds is 5. The zero-order chi connectivity index (χ0) is 21.0. The van der Waals surface area contributed by atoms with Crippen molar-refractivity contribution in [3.05, 3.63) is 59.9 Å². The molecule has 152 valence electrons. The van der Waals surface area contributed by atoms with Crippen molar-refractivity contribution in [3.8, 4) is 6.07 Å². The molecular formula is C20H22FN4O3S+. The molecule has 1 fully saturated rings. The average molecular weight is 417 g/mol. The van der Waals surface area contributed by atoms with Crippen LogP contribution >= 0.6 is 0 Å². The highest BCUT2D eigenvalue weighted by atomic mass is 32.2. The van der Waals surface area contributed by atoms with Crippen molar-refractivity contribution >= 4 is 21.6 Å². The number of amides is 1. The molecule has 2 aromatic carbocycles. The van der Waals surface area contributed by atoms with Crippen molar-refractivity contribution in [3.63, 3.8) is 0 Å². The molecule has 29 heavy (non-hydrogen) atoms. The molecule has 0 radical (unpaired) electrons. The van der Waals surface area contributed by atoms with E-state index in [1.165, 1.54) is 28.6 Å². The second-order valence-electron chi connectivity index (χ2n) is 6.86. The molecule has 1 atom stereocenters. The highest BCUT2D eigenvalue weighted by Gasteiger charge is 2.35. The molecule has 1 aliphatic rings. The summed E-state index contributed by atoms with van der Waals surface area (Å²) in [5, 5.41) is 11.8. The summed E-state index contributed by atoms with van der Waals surface area (Å²) in [4.78, 5) is 13.4. The quantitative estimate of drug-likeness (QED) is 0.746. The lowest BCUT2D eigenvalue weighted by molar-refractivity contribution is -0.917. The molecule has 0 saturated carbocycles. The van der Waals surface area contributed by atoms with Crippen molar-refractivity contribution in [1.82, 2.24) is 4.31 Å². The van der Waals surface area contributed by atoms with Gasteiger partial charge in [-0.1, -0.05) is 24.3 Å². The zero-order valence-corrected chi connectivity index (χ0v) is 16.7. The first-order valence-corrected chi connectivity index (χ1v) is 10.7. The number of carbonyl (C=O) groups is 1. The molecular weight excluding hydrogens is 395 g/mol. The van der Waals surface area contributed by atoms with Gasteiger partial charge < -0.3 is 10.2 Å². The number of piperazine rings is 1. The van der Waals surface area contributed by atoms with Crippen molar-refractivity contribution < 1.29 is 22.5 Å². The van der Waals surface area contributed by atoms with Gasteiger partial charge >= 0.3 is 0 Å². The van der Waals surface area contributed by atoms with Gasteiger partial charge in [-0.05, 0) is 31.2 Å². The second-order valence-corrected chi connectivity index (χ2v) is 8.77. The number of quaternary nitrogens is 1. The van der Waals surface area contributed by atoms with E-state index in [9.17, 15) is 22.9 Å². The van der Waals surface area contributed by atoms with Gasteiger partial charge in [0.1, 0.15) is 11.9 Å². The lowest BCUT2D eigenvalue weighted by Crippen LogP contribution is -3.19. The van der Waals surface area contributed by atoms with E-state index in [0.29, 0.717) is 13.1 Å². The van der Waals surface area contributed by atoms with Crippen LogP contribution in [0.1, 0.15) is 12.5 Å². The molecule has 0 aromatic heterocycles. The number of hydrogen-bond donors (Lipinski definition) is 2. The molecule has 0 bridgehead atoms. The summed E-state index contributed by atoms with van der Waals surface area (Å²) in [5.74, 6) is -0.827. The highest BCUT2D eigenvalue weighted by molar-refractivity contribution is 7.89. The number of carbonyl (C=O) groups excluding carboxylic acids is 1. The molecule has 2 aromatic rings. The van der Waals surface area contributed by atoms with Crippen LogP contribution in [0.4, 0.5) is 10.1 Å². The van der Waals surface area contributed by atoms with Crippen LogP contribution in [0.15, 0.2) is 53.4 Å². The van der Waals surface area contributed by atoms with E-state index in [1.54, 1.807) is 31.2 Å². The van der Waals surface area contributed by atoms with Gasteiger partial charge in [0.25, 0.3) is 5.91 Å². The summed E-state index contributed by atoms with van der Waals surface area (Å²) < 4.78 is 40.9. The van der Waals surface area contributed by atoms with Crippen LogP contribution in [-0.2, 0) is 14.8 Å². The summed E-state index contributed by atoms with van der Waals surface area (Å²) in [6.45, 7) is 3.06. The zero-order valence-electron chi connectivity index (χ0n) is 15.9. The van der Waals surface area contributed by atoms with Crippen LogP contribution in [-0.4, -0.2) is 50.9 Å². The van der Waals surface area contributed by atoms with Crippen LogP contribution in [0, 0.1) is 17.1 Å². The summed E-state index contributed by atoms with van der Waals surface area (Å²) in [6.07, 6.45) is 0. The van der Waals surface area contributed by atoms with E-state index in [1.807, 2.05) is 6.07 Å². The van der Waals surface area contributed by atoms with E-state index in [0.717, 1.165) is 4.90 Å². The Morgan fingerprint density at radius 1 is 1.17 bits per heavy atom. The number of hydrogen-bond acceptors (Lipinski definition) is 4. The predicted molar refractivity (Wildman–Crippen MR) is 105 cm³/mol. The fourth-order valence-electron chi connectivity index (χ4n) is 3.36. The standard InChI is InChI=1S/C20H21FN4O3S/c1-15(20(26)23-18-8-4-3-7-17(18)21)24-10-12-25(13-11-24)29(27,28)19-9-5-2-6-16(19)14-22/h2-9,15H,10-13H2,1H3,(H,23,26)/p+1/t15-/m1/s1. The highest BCUT2D eigenvalue weighted by Crippen LogP contribution is 2.19. The molecule has 2 N–H and O–H groups in total. The number of halogens is 1. The number of benzene rings is 2. The Kier molecular flexibility index (Phi) is 6.27. The maximum absolute atomic E-state index is 13.7. The average Bonchev–Trinajstić information content (AvgIpc) is 2.74. The minimum atomic E-state index is -3.78. The monoisotopic (exact) mass is 417 g/mol. The van der Waals surface area contributed by atoms with E-state index in [2.05, 4.69) is 5.32 Å².